The molecule has 1 atom stereocenters. The van der Waals surface area contributed by atoms with Crippen LogP contribution in [0.5, 0.6) is 5.88 Å². The Labute approximate surface area is 94.0 Å². The lowest BCUT2D eigenvalue weighted by atomic mass is 10.1. The van der Waals surface area contributed by atoms with Crippen LogP contribution >= 0.6 is 0 Å². The molecule has 0 saturated carbocycles. The van der Waals surface area contributed by atoms with E-state index in [1.165, 1.54) is 13.3 Å². The number of hydrogen-bond donors (Lipinski definition) is 1. The highest BCUT2D eigenvalue weighted by molar-refractivity contribution is 5.70. The van der Waals surface area contributed by atoms with Gasteiger partial charge in [0.25, 0.3) is 0 Å². The SMILES string of the molecule is CCOC(=O)CC(O)c1ccnc(OC)c1. The van der Waals surface area contributed by atoms with Crippen LogP contribution < -0.4 is 4.74 Å². The number of pyridine rings is 1. The average molecular weight is 225 g/mol. The first-order valence-corrected chi connectivity index (χ1v) is 5.01. The van der Waals surface area contributed by atoms with E-state index in [-0.39, 0.29) is 6.42 Å². The Morgan fingerprint density at radius 3 is 3.00 bits per heavy atom. The molecule has 0 aliphatic heterocycles. The van der Waals surface area contributed by atoms with E-state index in [1.54, 1.807) is 19.1 Å². The Morgan fingerprint density at radius 2 is 2.38 bits per heavy atom. The minimum atomic E-state index is -0.893. The summed E-state index contributed by atoms with van der Waals surface area (Å²) in [6, 6.07) is 3.22. The molecule has 0 aliphatic rings. The van der Waals surface area contributed by atoms with Gasteiger partial charge in [0.05, 0.1) is 26.2 Å². The average Bonchev–Trinajstić information content (AvgIpc) is 2.29. The maximum atomic E-state index is 11.2. The summed E-state index contributed by atoms with van der Waals surface area (Å²) in [6.07, 6.45) is 0.555. The summed E-state index contributed by atoms with van der Waals surface area (Å²) in [6.45, 7) is 2.03. The molecular weight excluding hydrogens is 210 g/mol. The number of nitrogens with zero attached hydrogens (tertiary/aromatic N) is 1. The van der Waals surface area contributed by atoms with Gasteiger partial charge in [-0.3, -0.25) is 4.79 Å². The van der Waals surface area contributed by atoms with Crippen molar-refractivity contribution in [1.82, 2.24) is 4.98 Å². The molecule has 1 heterocycles. The van der Waals surface area contributed by atoms with E-state index >= 15 is 0 Å². The van der Waals surface area contributed by atoms with Crippen molar-refractivity contribution < 1.29 is 19.4 Å². The first kappa shape index (κ1) is 12.4. The monoisotopic (exact) mass is 225 g/mol. The van der Waals surface area contributed by atoms with E-state index in [1.807, 2.05) is 0 Å². The number of aliphatic hydroxyl groups excluding tert-OH is 1. The van der Waals surface area contributed by atoms with Gasteiger partial charge in [-0.2, -0.15) is 0 Å². The van der Waals surface area contributed by atoms with Crippen LogP contribution in [0.1, 0.15) is 25.0 Å². The number of carbonyl (C=O) groups excluding carboxylic acids is 1. The van der Waals surface area contributed by atoms with Crippen molar-refractivity contribution in [2.24, 2.45) is 0 Å². The van der Waals surface area contributed by atoms with Gasteiger partial charge in [0.2, 0.25) is 5.88 Å². The molecule has 5 nitrogen and oxygen atoms in total. The molecule has 1 N–H and O–H groups in total. The van der Waals surface area contributed by atoms with Crippen LogP contribution in [0.25, 0.3) is 0 Å². The van der Waals surface area contributed by atoms with E-state index < -0.39 is 12.1 Å². The molecule has 1 aromatic heterocycles. The second-order valence-electron chi connectivity index (χ2n) is 3.16. The summed E-state index contributed by atoms with van der Waals surface area (Å²) >= 11 is 0. The molecule has 1 rings (SSSR count). The van der Waals surface area contributed by atoms with Crippen molar-refractivity contribution >= 4 is 5.97 Å². The first-order chi connectivity index (χ1) is 7.67. The fourth-order valence-corrected chi connectivity index (χ4v) is 1.24. The van der Waals surface area contributed by atoms with E-state index in [2.05, 4.69) is 4.98 Å². The third-order valence-electron chi connectivity index (χ3n) is 2.02. The third kappa shape index (κ3) is 3.51. The van der Waals surface area contributed by atoms with Crippen molar-refractivity contribution in [3.8, 4) is 5.88 Å². The molecule has 1 aromatic rings. The zero-order valence-corrected chi connectivity index (χ0v) is 9.34. The summed E-state index contributed by atoms with van der Waals surface area (Å²) in [7, 11) is 1.49. The van der Waals surface area contributed by atoms with Crippen LogP contribution in [0, 0.1) is 0 Å². The van der Waals surface area contributed by atoms with Gasteiger partial charge in [-0.25, -0.2) is 4.98 Å². The fourth-order valence-electron chi connectivity index (χ4n) is 1.24. The van der Waals surface area contributed by atoms with Gasteiger partial charge >= 0.3 is 5.97 Å². The van der Waals surface area contributed by atoms with Crippen molar-refractivity contribution in [3.63, 3.8) is 0 Å². The van der Waals surface area contributed by atoms with E-state index in [0.717, 1.165) is 0 Å². The van der Waals surface area contributed by atoms with Crippen molar-refractivity contribution in [1.29, 1.82) is 0 Å². The molecule has 0 aliphatic carbocycles. The molecule has 16 heavy (non-hydrogen) atoms. The molecule has 0 spiro atoms. The zero-order valence-electron chi connectivity index (χ0n) is 9.34. The van der Waals surface area contributed by atoms with Crippen LogP contribution in [0.3, 0.4) is 0 Å². The molecule has 0 saturated heterocycles. The lowest BCUT2D eigenvalue weighted by Crippen LogP contribution is -2.10. The van der Waals surface area contributed by atoms with Crippen molar-refractivity contribution in [2.45, 2.75) is 19.4 Å². The summed E-state index contributed by atoms with van der Waals surface area (Å²) in [5, 5.41) is 9.75. The fraction of sp³-hybridized carbons (Fsp3) is 0.455. The van der Waals surface area contributed by atoms with Crippen molar-refractivity contribution in [3.05, 3.63) is 23.9 Å². The Bertz CT molecular complexity index is 354. The van der Waals surface area contributed by atoms with Crippen LogP contribution in [0.15, 0.2) is 18.3 Å². The number of carbonyl (C=O) groups is 1. The molecule has 0 radical (unpaired) electrons. The molecular formula is C11H15NO4. The summed E-state index contributed by atoms with van der Waals surface area (Å²) in [5.74, 6) is -0.0220. The van der Waals surface area contributed by atoms with E-state index in [9.17, 15) is 9.90 Å². The van der Waals surface area contributed by atoms with Gasteiger partial charge in [0.1, 0.15) is 0 Å². The van der Waals surface area contributed by atoms with Gasteiger partial charge < -0.3 is 14.6 Å². The normalized spacial score (nSPS) is 11.9. The summed E-state index contributed by atoms with van der Waals surface area (Å²) in [4.78, 5) is 15.1. The highest BCUT2D eigenvalue weighted by atomic mass is 16.5. The zero-order chi connectivity index (χ0) is 12.0. The van der Waals surface area contributed by atoms with Crippen LogP contribution in [0.2, 0.25) is 0 Å². The molecule has 88 valence electrons. The summed E-state index contributed by atoms with van der Waals surface area (Å²) < 4.78 is 9.66. The molecule has 0 aromatic carbocycles. The van der Waals surface area contributed by atoms with Gasteiger partial charge in [-0.1, -0.05) is 0 Å². The molecule has 0 bridgehead atoms. The minimum Gasteiger partial charge on any atom is -0.481 e. The molecule has 5 heteroatoms. The lowest BCUT2D eigenvalue weighted by molar-refractivity contribution is -0.145. The minimum absolute atomic E-state index is 0.0684. The second-order valence-corrected chi connectivity index (χ2v) is 3.16. The number of aliphatic hydroxyl groups is 1. The smallest absolute Gasteiger partial charge is 0.308 e. The number of methoxy groups -OCH3 is 1. The number of ether oxygens (including phenoxy) is 2. The largest absolute Gasteiger partial charge is 0.481 e. The third-order valence-corrected chi connectivity index (χ3v) is 2.02. The number of hydrogen-bond acceptors (Lipinski definition) is 5. The van der Waals surface area contributed by atoms with E-state index in [4.69, 9.17) is 9.47 Å². The Balaban J connectivity index is 2.64. The van der Waals surface area contributed by atoms with Crippen LogP contribution in [-0.4, -0.2) is 29.8 Å². The van der Waals surface area contributed by atoms with Crippen molar-refractivity contribution in [2.75, 3.05) is 13.7 Å². The molecule has 0 amide bonds. The highest BCUT2D eigenvalue weighted by Crippen LogP contribution is 2.19. The van der Waals surface area contributed by atoms with Crippen LogP contribution in [-0.2, 0) is 9.53 Å². The van der Waals surface area contributed by atoms with Gasteiger partial charge in [0.15, 0.2) is 0 Å². The van der Waals surface area contributed by atoms with Gasteiger partial charge in [-0.15, -0.1) is 0 Å². The lowest BCUT2D eigenvalue weighted by Gasteiger charge is -2.10. The second kappa shape index (κ2) is 6.07. The Kier molecular flexibility index (Phi) is 4.72. The predicted molar refractivity (Wildman–Crippen MR) is 57.0 cm³/mol. The Morgan fingerprint density at radius 1 is 1.62 bits per heavy atom. The standard InChI is InChI=1S/C11H15NO4/c1-3-16-11(14)7-9(13)8-4-5-12-10(6-8)15-2/h4-6,9,13H,3,7H2,1-2H3. The van der Waals surface area contributed by atoms with Gasteiger partial charge in [0, 0.05) is 12.3 Å². The topological polar surface area (TPSA) is 68.7 Å². The predicted octanol–water partition coefficient (Wildman–Crippen LogP) is 1.08. The molecule has 1 unspecified atom stereocenters. The van der Waals surface area contributed by atoms with Crippen LogP contribution in [0.4, 0.5) is 0 Å². The highest BCUT2D eigenvalue weighted by Gasteiger charge is 2.14. The molecule has 0 fully saturated rings. The van der Waals surface area contributed by atoms with E-state index in [0.29, 0.717) is 18.1 Å². The number of rotatable bonds is 5. The number of aromatic nitrogens is 1. The van der Waals surface area contributed by atoms with Gasteiger partial charge in [-0.05, 0) is 18.6 Å². The maximum absolute atomic E-state index is 11.2. The maximum Gasteiger partial charge on any atom is 0.308 e. The Hall–Kier alpha value is -1.62. The quantitative estimate of drug-likeness (QED) is 0.759. The summed E-state index contributed by atoms with van der Waals surface area (Å²) in [5.41, 5.74) is 0.583. The first-order valence-electron chi connectivity index (χ1n) is 5.01. The number of esters is 1.